The first-order valence-electron chi connectivity index (χ1n) is 4.11. The molecule has 0 amide bonds. The molecule has 0 spiro atoms. The molecule has 0 aromatic carbocycles. The van der Waals surface area contributed by atoms with Crippen LogP contribution in [0.3, 0.4) is 0 Å². The summed E-state index contributed by atoms with van der Waals surface area (Å²) in [4.78, 5) is 10.5. The minimum atomic E-state index is -4.78. The lowest BCUT2D eigenvalue weighted by Gasteiger charge is -2.14. The molecule has 1 rings (SSSR count). The Balaban J connectivity index is 2.87. The van der Waals surface area contributed by atoms with E-state index in [2.05, 4.69) is 10.3 Å². The molecular weight excluding hydrogens is 231 g/mol. The molecule has 0 radical (unpaired) electrons. The van der Waals surface area contributed by atoms with Gasteiger partial charge < -0.3 is 10.2 Å². The number of hydrogen-bond donors (Lipinski definition) is 2. The average molecular weight is 239 g/mol. The van der Waals surface area contributed by atoms with Crippen LogP contribution >= 0.6 is 0 Å². The van der Waals surface area contributed by atoms with E-state index in [1.807, 2.05) is 0 Å². The van der Waals surface area contributed by atoms with E-state index in [9.17, 15) is 18.0 Å². The molecule has 90 valence electrons. The van der Waals surface area contributed by atoms with Crippen molar-refractivity contribution in [2.75, 3.05) is 0 Å². The van der Waals surface area contributed by atoms with Gasteiger partial charge in [-0.15, -0.1) is 5.10 Å². The number of carbonyl (C=O) groups is 1. The first kappa shape index (κ1) is 12.4. The Morgan fingerprint density at radius 1 is 1.56 bits per heavy atom. The lowest BCUT2D eigenvalue weighted by Crippen LogP contribution is -2.33. The van der Waals surface area contributed by atoms with Crippen molar-refractivity contribution in [3.05, 3.63) is 11.4 Å². The van der Waals surface area contributed by atoms with E-state index in [0.29, 0.717) is 4.68 Å². The molecule has 0 fully saturated rings. The number of alkyl halides is 3. The molecule has 0 aliphatic carbocycles. The molecule has 1 aromatic heterocycles. The van der Waals surface area contributed by atoms with Gasteiger partial charge in [-0.2, -0.15) is 13.2 Å². The van der Waals surface area contributed by atoms with Crippen LogP contribution in [0, 0.1) is 6.92 Å². The predicted octanol–water partition coefficient (Wildman–Crippen LogP) is 0.208. The maximum absolute atomic E-state index is 12.0. The van der Waals surface area contributed by atoms with E-state index in [0.717, 1.165) is 0 Å². The third kappa shape index (κ3) is 2.48. The highest BCUT2D eigenvalue weighted by atomic mass is 19.4. The summed E-state index contributed by atoms with van der Waals surface area (Å²) in [6.45, 7) is 0.377. The Hall–Kier alpha value is -1.64. The molecule has 0 saturated carbocycles. The molecule has 1 unspecified atom stereocenters. The van der Waals surface area contributed by atoms with Gasteiger partial charge in [0, 0.05) is 0 Å². The lowest BCUT2D eigenvalue weighted by atomic mass is 10.3. The molecule has 16 heavy (non-hydrogen) atoms. The van der Waals surface area contributed by atoms with E-state index >= 15 is 0 Å². The normalized spacial score (nSPS) is 13.8. The van der Waals surface area contributed by atoms with Crippen molar-refractivity contribution in [1.29, 1.82) is 0 Å². The van der Waals surface area contributed by atoms with Crippen LogP contribution in [0.4, 0.5) is 13.2 Å². The summed E-state index contributed by atoms with van der Waals surface area (Å²) in [5, 5.41) is 23.7. The summed E-state index contributed by atoms with van der Waals surface area (Å²) in [5.41, 5.74) is -0.481. The van der Waals surface area contributed by atoms with Crippen LogP contribution in [0.15, 0.2) is 0 Å². The zero-order valence-electron chi connectivity index (χ0n) is 8.06. The smallest absolute Gasteiger partial charge is 0.416 e. The van der Waals surface area contributed by atoms with Crippen molar-refractivity contribution in [2.24, 2.45) is 0 Å². The van der Waals surface area contributed by atoms with E-state index in [1.54, 1.807) is 0 Å². The number of carboxylic acid groups (broad SMARTS) is 1. The standard InChI is InChI=1S/C7H8F3N3O3/c1-3-5(6(15)16)11-12-13(3)2-4(14)7(8,9)10/h4,14H,2H2,1H3,(H,15,16). The Kier molecular flexibility index (Phi) is 3.17. The van der Waals surface area contributed by atoms with E-state index < -0.39 is 30.5 Å². The number of aromatic carboxylic acids is 1. The highest BCUT2D eigenvalue weighted by Crippen LogP contribution is 2.21. The molecule has 0 saturated heterocycles. The zero-order valence-corrected chi connectivity index (χ0v) is 8.06. The SMILES string of the molecule is Cc1c(C(=O)O)nnn1CC(O)C(F)(F)F. The Morgan fingerprint density at radius 3 is 2.50 bits per heavy atom. The van der Waals surface area contributed by atoms with Crippen LogP contribution < -0.4 is 0 Å². The topological polar surface area (TPSA) is 88.2 Å². The van der Waals surface area contributed by atoms with Gasteiger partial charge >= 0.3 is 12.1 Å². The number of aromatic nitrogens is 3. The molecular formula is C7H8F3N3O3. The summed E-state index contributed by atoms with van der Waals surface area (Å²) in [6, 6.07) is 0. The second-order valence-corrected chi connectivity index (χ2v) is 3.07. The number of rotatable bonds is 3. The number of nitrogens with zero attached hydrogens (tertiary/aromatic N) is 3. The number of aliphatic hydroxyl groups excluding tert-OH is 1. The molecule has 0 aliphatic heterocycles. The van der Waals surface area contributed by atoms with Crippen molar-refractivity contribution in [3.8, 4) is 0 Å². The van der Waals surface area contributed by atoms with Crippen molar-refractivity contribution >= 4 is 5.97 Å². The largest absolute Gasteiger partial charge is 0.476 e. The highest BCUT2D eigenvalue weighted by molar-refractivity contribution is 5.86. The monoisotopic (exact) mass is 239 g/mol. The van der Waals surface area contributed by atoms with Crippen molar-refractivity contribution in [2.45, 2.75) is 25.7 Å². The fourth-order valence-corrected chi connectivity index (χ4v) is 0.999. The highest BCUT2D eigenvalue weighted by Gasteiger charge is 2.39. The van der Waals surface area contributed by atoms with Crippen LogP contribution in [0.1, 0.15) is 16.2 Å². The van der Waals surface area contributed by atoms with Gasteiger partial charge in [-0.25, -0.2) is 9.48 Å². The quantitative estimate of drug-likeness (QED) is 0.787. The number of halogens is 3. The zero-order chi connectivity index (χ0) is 12.5. The van der Waals surface area contributed by atoms with Crippen LogP contribution in [0.25, 0.3) is 0 Å². The minimum Gasteiger partial charge on any atom is -0.476 e. The lowest BCUT2D eigenvalue weighted by molar-refractivity contribution is -0.208. The summed E-state index contributed by atoms with van der Waals surface area (Å²) in [5.74, 6) is -1.38. The third-order valence-electron chi connectivity index (χ3n) is 1.91. The van der Waals surface area contributed by atoms with Gasteiger partial charge in [0.15, 0.2) is 11.8 Å². The van der Waals surface area contributed by atoms with Crippen LogP contribution in [-0.2, 0) is 6.54 Å². The fourth-order valence-electron chi connectivity index (χ4n) is 0.999. The van der Waals surface area contributed by atoms with E-state index in [-0.39, 0.29) is 5.69 Å². The van der Waals surface area contributed by atoms with E-state index in [4.69, 9.17) is 10.2 Å². The summed E-state index contributed by atoms with van der Waals surface area (Å²) in [6.07, 6.45) is -7.38. The molecule has 1 atom stereocenters. The predicted molar refractivity (Wildman–Crippen MR) is 43.8 cm³/mol. The molecule has 1 aromatic rings. The molecule has 0 aliphatic rings. The van der Waals surface area contributed by atoms with Crippen molar-refractivity contribution < 1.29 is 28.2 Å². The molecule has 1 heterocycles. The average Bonchev–Trinajstić information content (AvgIpc) is 2.46. The molecule has 9 heteroatoms. The summed E-state index contributed by atoms with van der Waals surface area (Å²) >= 11 is 0. The Labute approximate surface area is 87.3 Å². The first-order valence-corrected chi connectivity index (χ1v) is 4.11. The summed E-state index contributed by atoms with van der Waals surface area (Å²) < 4.78 is 36.7. The number of carboxylic acids is 1. The van der Waals surface area contributed by atoms with Gasteiger partial charge in [0.1, 0.15) is 0 Å². The van der Waals surface area contributed by atoms with Crippen LogP contribution in [0.5, 0.6) is 0 Å². The van der Waals surface area contributed by atoms with Crippen LogP contribution in [-0.4, -0.2) is 43.5 Å². The van der Waals surface area contributed by atoms with Gasteiger partial charge in [0.25, 0.3) is 0 Å². The maximum Gasteiger partial charge on any atom is 0.416 e. The Morgan fingerprint density at radius 2 is 2.12 bits per heavy atom. The van der Waals surface area contributed by atoms with Gasteiger partial charge in [-0.05, 0) is 6.92 Å². The first-order chi connectivity index (χ1) is 7.23. The van der Waals surface area contributed by atoms with Crippen molar-refractivity contribution in [1.82, 2.24) is 15.0 Å². The van der Waals surface area contributed by atoms with Gasteiger partial charge in [-0.1, -0.05) is 5.21 Å². The number of hydrogen-bond acceptors (Lipinski definition) is 4. The van der Waals surface area contributed by atoms with Gasteiger partial charge in [-0.3, -0.25) is 0 Å². The minimum absolute atomic E-state index is 0.0456. The molecule has 0 bridgehead atoms. The number of aliphatic hydroxyl groups is 1. The van der Waals surface area contributed by atoms with Gasteiger partial charge in [0.2, 0.25) is 0 Å². The second kappa shape index (κ2) is 4.08. The maximum atomic E-state index is 12.0. The third-order valence-corrected chi connectivity index (χ3v) is 1.91. The Bertz CT molecular complexity index is 401. The van der Waals surface area contributed by atoms with Crippen LogP contribution in [0.2, 0.25) is 0 Å². The second-order valence-electron chi connectivity index (χ2n) is 3.07. The molecule has 2 N–H and O–H groups in total. The van der Waals surface area contributed by atoms with E-state index in [1.165, 1.54) is 6.92 Å². The summed E-state index contributed by atoms with van der Waals surface area (Å²) in [7, 11) is 0. The fraction of sp³-hybridized carbons (Fsp3) is 0.571. The molecule has 6 nitrogen and oxygen atoms in total. The van der Waals surface area contributed by atoms with Crippen molar-refractivity contribution in [3.63, 3.8) is 0 Å². The van der Waals surface area contributed by atoms with Gasteiger partial charge in [0.05, 0.1) is 12.2 Å².